The molecule has 0 spiro atoms. The Morgan fingerprint density at radius 2 is 2.22 bits per heavy atom. The summed E-state index contributed by atoms with van der Waals surface area (Å²) in [7, 11) is -4.51. The molecular formula is C2H7NNaO4P. The summed E-state index contributed by atoms with van der Waals surface area (Å²) in [6, 6.07) is 0. The number of hydrogen-bond donors (Lipinski definition) is 2. The zero-order chi connectivity index (χ0) is 6.62. The minimum Gasteiger partial charge on any atom is -0.756 e. The summed E-state index contributed by atoms with van der Waals surface area (Å²) in [5, 5.41) is 0. The zero-order valence-corrected chi connectivity index (χ0v) is 8.01. The summed E-state index contributed by atoms with van der Waals surface area (Å²) in [5.74, 6) is 0. The van der Waals surface area contributed by atoms with E-state index >= 15 is 0 Å². The molecule has 0 saturated heterocycles. The van der Waals surface area contributed by atoms with Crippen molar-refractivity contribution in [2.45, 2.75) is 0 Å². The van der Waals surface area contributed by atoms with Gasteiger partial charge in [-0.2, -0.15) is 0 Å². The molecule has 9 heavy (non-hydrogen) atoms. The van der Waals surface area contributed by atoms with Crippen molar-refractivity contribution in [2.75, 3.05) is 13.2 Å². The molecule has 0 fully saturated rings. The van der Waals surface area contributed by atoms with E-state index in [-0.39, 0.29) is 42.7 Å². The Morgan fingerprint density at radius 1 is 1.78 bits per heavy atom. The Bertz CT molecular complexity index is 103. The minimum absolute atomic E-state index is 0. The molecule has 0 bridgehead atoms. The van der Waals surface area contributed by atoms with Crippen molar-refractivity contribution in [3.05, 3.63) is 0 Å². The molecule has 0 aromatic rings. The zero-order valence-electron chi connectivity index (χ0n) is 5.11. The molecule has 0 aromatic heterocycles. The standard InChI is InChI=1S/C2H8NO4P.Na/c3-1-2-7-8(4,5)6;/h1-3H2,(H2,4,5,6);/q;+1/p-1. The Hall–Kier alpha value is 1.07. The maximum absolute atomic E-state index is 9.70. The quantitative estimate of drug-likeness (QED) is 0.322. The average molecular weight is 163 g/mol. The van der Waals surface area contributed by atoms with Gasteiger partial charge in [-0.1, -0.05) is 0 Å². The molecule has 0 radical (unpaired) electrons. The number of hydrogen-bond acceptors (Lipinski definition) is 4. The van der Waals surface area contributed by atoms with Crippen LogP contribution in [0.15, 0.2) is 0 Å². The third kappa shape index (κ3) is 12.3. The van der Waals surface area contributed by atoms with E-state index in [0.29, 0.717) is 0 Å². The van der Waals surface area contributed by atoms with E-state index in [1.807, 2.05) is 0 Å². The van der Waals surface area contributed by atoms with Gasteiger partial charge in [-0.25, -0.2) is 0 Å². The van der Waals surface area contributed by atoms with Crippen LogP contribution < -0.4 is 40.2 Å². The van der Waals surface area contributed by atoms with Crippen molar-refractivity contribution in [1.29, 1.82) is 0 Å². The summed E-state index contributed by atoms with van der Waals surface area (Å²) >= 11 is 0. The third-order valence-electron chi connectivity index (χ3n) is 0.372. The first-order chi connectivity index (χ1) is 3.56. The first-order valence-corrected chi connectivity index (χ1v) is 3.44. The molecule has 0 heterocycles. The van der Waals surface area contributed by atoms with Gasteiger partial charge < -0.3 is 20.0 Å². The molecule has 0 rings (SSSR count). The first kappa shape index (κ1) is 12.7. The molecule has 0 amide bonds. The van der Waals surface area contributed by atoms with Crippen LogP contribution in [0.3, 0.4) is 0 Å². The van der Waals surface area contributed by atoms with Crippen LogP contribution in [0.2, 0.25) is 0 Å². The van der Waals surface area contributed by atoms with Crippen LogP contribution in [0, 0.1) is 0 Å². The molecule has 0 aliphatic rings. The Labute approximate surface area is 75.1 Å². The molecule has 5 nitrogen and oxygen atoms in total. The van der Waals surface area contributed by atoms with E-state index < -0.39 is 7.82 Å². The fourth-order valence-corrected chi connectivity index (χ4v) is 0.504. The second kappa shape index (κ2) is 5.82. The van der Waals surface area contributed by atoms with Crippen LogP contribution in [-0.2, 0) is 9.09 Å². The summed E-state index contributed by atoms with van der Waals surface area (Å²) in [4.78, 5) is 17.6. The van der Waals surface area contributed by atoms with E-state index in [4.69, 9.17) is 10.6 Å². The predicted molar refractivity (Wildman–Crippen MR) is 24.8 cm³/mol. The Balaban J connectivity index is 0. The molecule has 0 saturated carbocycles. The SMILES string of the molecule is NCCOP(=O)([O-])O.[Na+]. The Kier molecular flexibility index (Phi) is 8.23. The minimum atomic E-state index is -4.51. The second-order valence-corrected chi connectivity index (χ2v) is 2.29. The van der Waals surface area contributed by atoms with Gasteiger partial charge in [0.2, 0.25) is 0 Å². The topological polar surface area (TPSA) is 95.6 Å². The van der Waals surface area contributed by atoms with E-state index in [0.717, 1.165) is 0 Å². The fourth-order valence-electron chi connectivity index (χ4n) is 0.168. The van der Waals surface area contributed by atoms with Gasteiger partial charge in [-0.3, -0.25) is 4.57 Å². The van der Waals surface area contributed by atoms with E-state index in [2.05, 4.69) is 4.52 Å². The van der Waals surface area contributed by atoms with Crippen molar-refractivity contribution in [3.8, 4) is 0 Å². The van der Waals surface area contributed by atoms with Crippen molar-refractivity contribution >= 4 is 7.82 Å². The summed E-state index contributed by atoms with van der Waals surface area (Å²) < 4.78 is 13.5. The van der Waals surface area contributed by atoms with Crippen molar-refractivity contribution in [3.63, 3.8) is 0 Å². The molecule has 1 unspecified atom stereocenters. The molecule has 1 atom stereocenters. The molecule has 0 aliphatic heterocycles. The van der Waals surface area contributed by atoms with Gasteiger partial charge in [0.25, 0.3) is 7.82 Å². The largest absolute Gasteiger partial charge is 1.00 e. The normalized spacial score (nSPS) is 15.9. The molecule has 7 heteroatoms. The van der Waals surface area contributed by atoms with Crippen LogP contribution >= 0.6 is 7.82 Å². The molecular weight excluding hydrogens is 156 g/mol. The van der Waals surface area contributed by atoms with Gasteiger partial charge >= 0.3 is 29.6 Å². The molecule has 0 aromatic carbocycles. The second-order valence-electron chi connectivity index (χ2n) is 1.09. The maximum Gasteiger partial charge on any atom is 1.00 e. The van der Waals surface area contributed by atoms with Crippen LogP contribution in [0.25, 0.3) is 0 Å². The average Bonchev–Trinajstić information content (AvgIpc) is 1.59. The number of nitrogens with two attached hydrogens (primary N) is 1. The third-order valence-corrected chi connectivity index (χ3v) is 0.881. The summed E-state index contributed by atoms with van der Waals surface area (Å²) in [6.07, 6.45) is 0. The molecule has 0 aliphatic carbocycles. The molecule has 50 valence electrons. The van der Waals surface area contributed by atoms with Crippen LogP contribution in [-0.4, -0.2) is 18.0 Å². The van der Waals surface area contributed by atoms with E-state index in [1.54, 1.807) is 0 Å². The van der Waals surface area contributed by atoms with E-state index in [9.17, 15) is 9.46 Å². The summed E-state index contributed by atoms with van der Waals surface area (Å²) in [6.45, 7) is -0.0932. The van der Waals surface area contributed by atoms with Crippen molar-refractivity contribution in [1.82, 2.24) is 0 Å². The number of phosphoric acid groups is 1. The van der Waals surface area contributed by atoms with E-state index in [1.165, 1.54) is 0 Å². The van der Waals surface area contributed by atoms with Crippen LogP contribution in [0.4, 0.5) is 0 Å². The van der Waals surface area contributed by atoms with Crippen molar-refractivity contribution < 1.29 is 48.4 Å². The van der Waals surface area contributed by atoms with Gasteiger partial charge in [-0.05, 0) is 0 Å². The molecule has 3 N–H and O–H groups in total. The number of phosphoric ester groups is 1. The van der Waals surface area contributed by atoms with Gasteiger partial charge in [0.1, 0.15) is 0 Å². The van der Waals surface area contributed by atoms with Gasteiger partial charge in [0.05, 0.1) is 6.61 Å². The first-order valence-electron chi connectivity index (χ1n) is 1.94. The van der Waals surface area contributed by atoms with Crippen LogP contribution in [0.1, 0.15) is 0 Å². The monoisotopic (exact) mass is 163 g/mol. The Morgan fingerprint density at radius 3 is 2.33 bits per heavy atom. The predicted octanol–water partition coefficient (Wildman–Crippen LogP) is -4.57. The van der Waals surface area contributed by atoms with Crippen LogP contribution in [0.5, 0.6) is 0 Å². The number of rotatable bonds is 3. The van der Waals surface area contributed by atoms with Gasteiger partial charge in [0, 0.05) is 6.54 Å². The van der Waals surface area contributed by atoms with Crippen molar-refractivity contribution in [2.24, 2.45) is 5.73 Å². The van der Waals surface area contributed by atoms with Gasteiger partial charge in [0.15, 0.2) is 0 Å². The summed E-state index contributed by atoms with van der Waals surface area (Å²) in [5.41, 5.74) is 4.84. The smallest absolute Gasteiger partial charge is 0.756 e. The fraction of sp³-hybridized carbons (Fsp3) is 1.00. The van der Waals surface area contributed by atoms with Gasteiger partial charge in [-0.15, -0.1) is 0 Å². The maximum atomic E-state index is 9.70.